The quantitative estimate of drug-likeness (QED) is 0.915. The van der Waals surface area contributed by atoms with Crippen molar-refractivity contribution in [3.63, 3.8) is 0 Å². The van der Waals surface area contributed by atoms with E-state index in [9.17, 15) is 8.42 Å². The van der Waals surface area contributed by atoms with E-state index in [4.69, 9.17) is 11.6 Å². The summed E-state index contributed by atoms with van der Waals surface area (Å²) in [7, 11) is -3.28. The number of nitrogens with zero attached hydrogens (tertiary/aromatic N) is 1. The zero-order valence-corrected chi connectivity index (χ0v) is 13.6. The van der Waals surface area contributed by atoms with Crippen LogP contribution in [0, 0.1) is 6.92 Å². The van der Waals surface area contributed by atoms with Gasteiger partial charge in [-0.2, -0.15) is 0 Å². The Morgan fingerprint density at radius 2 is 2.10 bits per heavy atom. The first-order valence-corrected chi connectivity index (χ1v) is 9.11. The van der Waals surface area contributed by atoms with Gasteiger partial charge >= 0.3 is 0 Å². The van der Waals surface area contributed by atoms with Crippen LogP contribution in [0.4, 0.5) is 0 Å². The van der Waals surface area contributed by atoms with Crippen LogP contribution >= 0.6 is 22.9 Å². The highest BCUT2D eigenvalue weighted by Gasteiger charge is 2.15. The van der Waals surface area contributed by atoms with Crippen molar-refractivity contribution in [2.75, 3.05) is 6.26 Å². The number of hydrogen-bond acceptors (Lipinski definition) is 5. The highest BCUT2D eigenvalue weighted by Crippen LogP contribution is 2.24. The number of rotatable bonds is 5. The molecule has 2 aromatic rings. The number of hydrogen-bond donors (Lipinski definition) is 1. The molecule has 0 atom stereocenters. The molecule has 7 heteroatoms. The predicted octanol–water partition coefficient (Wildman–Crippen LogP) is 2.80. The Kier molecular flexibility index (Phi) is 4.80. The molecule has 0 fully saturated rings. The zero-order valence-electron chi connectivity index (χ0n) is 11.2. The van der Waals surface area contributed by atoms with Crippen LogP contribution in [0.5, 0.6) is 0 Å². The Bertz CT molecular complexity index is 711. The summed E-state index contributed by atoms with van der Waals surface area (Å²) in [6.45, 7) is 3.00. The van der Waals surface area contributed by atoms with Gasteiger partial charge in [-0.1, -0.05) is 17.7 Å². The summed E-state index contributed by atoms with van der Waals surface area (Å²) in [5.74, 6) is 0. The summed E-state index contributed by atoms with van der Waals surface area (Å²) in [6.07, 6.45) is 1.19. The average Bonchev–Trinajstić information content (AvgIpc) is 2.76. The van der Waals surface area contributed by atoms with Gasteiger partial charge in [0.15, 0.2) is 9.84 Å². The second kappa shape index (κ2) is 6.22. The van der Waals surface area contributed by atoms with Crippen LogP contribution < -0.4 is 5.32 Å². The molecule has 0 aliphatic carbocycles. The lowest BCUT2D eigenvalue weighted by Gasteiger charge is -2.11. The van der Waals surface area contributed by atoms with Crippen molar-refractivity contribution < 1.29 is 8.42 Å². The molecule has 0 aliphatic rings. The molecule has 0 amide bonds. The van der Waals surface area contributed by atoms with Crippen LogP contribution in [0.1, 0.15) is 16.1 Å². The second-order valence-corrected chi connectivity index (χ2v) is 7.78. The maximum Gasteiger partial charge on any atom is 0.175 e. The molecule has 0 saturated heterocycles. The van der Waals surface area contributed by atoms with Gasteiger partial charge in [0.1, 0.15) is 0 Å². The smallest absolute Gasteiger partial charge is 0.175 e. The fourth-order valence-corrected chi connectivity index (χ4v) is 3.85. The highest BCUT2D eigenvalue weighted by molar-refractivity contribution is 7.90. The third-order valence-corrected chi connectivity index (χ3v) is 5.38. The average molecular weight is 331 g/mol. The van der Waals surface area contributed by atoms with E-state index in [0.717, 1.165) is 10.6 Å². The van der Waals surface area contributed by atoms with Gasteiger partial charge in [-0.05, 0) is 19.1 Å². The lowest BCUT2D eigenvalue weighted by Crippen LogP contribution is -2.15. The number of sulfone groups is 1. The first-order valence-electron chi connectivity index (χ1n) is 5.96. The summed E-state index contributed by atoms with van der Waals surface area (Å²) < 4.78 is 23.5. The van der Waals surface area contributed by atoms with E-state index < -0.39 is 9.84 Å². The summed E-state index contributed by atoms with van der Waals surface area (Å²) in [5.41, 5.74) is 3.40. The molecule has 0 aliphatic heterocycles. The minimum atomic E-state index is -3.28. The van der Waals surface area contributed by atoms with E-state index >= 15 is 0 Å². The van der Waals surface area contributed by atoms with Gasteiger partial charge in [-0.3, -0.25) is 0 Å². The van der Waals surface area contributed by atoms with Gasteiger partial charge in [0.2, 0.25) is 0 Å². The molecule has 0 saturated carbocycles. The lowest BCUT2D eigenvalue weighted by molar-refractivity contribution is 0.598. The molecule has 4 nitrogen and oxygen atoms in total. The van der Waals surface area contributed by atoms with Crippen molar-refractivity contribution in [1.29, 1.82) is 0 Å². The third-order valence-electron chi connectivity index (χ3n) is 2.91. The highest BCUT2D eigenvalue weighted by atomic mass is 35.5. The number of halogens is 1. The van der Waals surface area contributed by atoms with E-state index in [0.29, 0.717) is 23.7 Å². The Morgan fingerprint density at radius 3 is 2.70 bits per heavy atom. The van der Waals surface area contributed by atoms with Crippen LogP contribution in [0.2, 0.25) is 5.02 Å². The molecule has 2 rings (SSSR count). The largest absolute Gasteiger partial charge is 0.308 e. The van der Waals surface area contributed by atoms with Crippen molar-refractivity contribution in [3.05, 3.63) is 44.9 Å². The van der Waals surface area contributed by atoms with Crippen molar-refractivity contribution in [2.45, 2.75) is 24.9 Å². The minimum Gasteiger partial charge on any atom is -0.308 e. The normalized spacial score (nSPS) is 11.8. The molecule has 1 N–H and O–H groups in total. The maximum atomic E-state index is 11.8. The van der Waals surface area contributed by atoms with Crippen LogP contribution in [-0.2, 0) is 22.9 Å². The van der Waals surface area contributed by atoms with Crippen LogP contribution in [0.15, 0.2) is 28.6 Å². The number of aromatic nitrogens is 1. The second-order valence-electron chi connectivity index (χ2n) is 4.45. The number of thiazole rings is 1. The Balaban J connectivity index is 2.16. The van der Waals surface area contributed by atoms with E-state index in [2.05, 4.69) is 10.3 Å². The fourth-order valence-electron chi connectivity index (χ4n) is 1.85. The van der Waals surface area contributed by atoms with Gasteiger partial charge in [-0.15, -0.1) is 11.3 Å². The molecule has 0 spiro atoms. The molecule has 0 bridgehead atoms. The standard InChI is InChI=1S/C13H15ClN2O2S2/c1-9-12(19-8-16-9)7-15-6-10-11(14)4-3-5-13(10)20(2,17)18/h3-5,8,15H,6-7H2,1-2H3. The summed E-state index contributed by atoms with van der Waals surface area (Å²) >= 11 is 7.69. The molecule has 1 aromatic carbocycles. The monoisotopic (exact) mass is 330 g/mol. The Morgan fingerprint density at radius 1 is 1.35 bits per heavy atom. The van der Waals surface area contributed by atoms with Crippen molar-refractivity contribution in [1.82, 2.24) is 10.3 Å². The van der Waals surface area contributed by atoms with Crippen molar-refractivity contribution >= 4 is 32.8 Å². The summed E-state index contributed by atoms with van der Waals surface area (Å²) in [4.78, 5) is 5.59. The van der Waals surface area contributed by atoms with Crippen LogP contribution in [-0.4, -0.2) is 19.7 Å². The van der Waals surface area contributed by atoms with E-state index in [-0.39, 0.29) is 4.90 Å². The van der Waals surface area contributed by atoms with Gasteiger partial charge in [-0.25, -0.2) is 13.4 Å². The van der Waals surface area contributed by atoms with Gasteiger partial charge in [0.05, 0.1) is 16.1 Å². The van der Waals surface area contributed by atoms with Crippen LogP contribution in [0.3, 0.4) is 0 Å². The van der Waals surface area contributed by atoms with E-state index in [1.165, 1.54) is 6.26 Å². The third kappa shape index (κ3) is 3.58. The minimum absolute atomic E-state index is 0.276. The summed E-state index contributed by atoms with van der Waals surface area (Å²) in [5, 5.41) is 3.68. The number of aryl methyl sites for hydroxylation is 1. The zero-order chi connectivity index (χ0) is 14.8. The molecule has 108 valence electrons. The predicted molar refractivity (Wildman–Crippen MR) is 82.0 cm³/mol. The SMILES string of the molecule is Cc1ncsc1CNCc1c(Cl)cccc1S(C)(=O)=O. The first-order chi connectivity index (χ1) is 9.39. The molecule has 1 aromatic heterocycles. The molecule has 0 unspecified atom stereocenters. The van der Waals surface area contributed by atoms with Crippen molar-refractivity contribution in [3.8, 4) is 0 Å². The lowest BCUT2D eigenvalue weighted by atomic mass is 10.2. The summed E-state index contributed by atoms with van der Waals surface area (Å²) in [6, 6.07) is 4.93. The fraction of sp³-hybridized carbons (Fsp3) is 0.308. The topological polar surface area (TPSA) is 59.1 Å². The molecule has 0 radical (unpaired) electrons. The number of benzene rings is 1. The first kappa shape index (κ1) is 15.4. The number of nitrogens with one attached hydrogen (secondary N) is 1. The molecule has 1 heterocycles. The van der Waals surface area contributed by atoms with Crippen LogP contribution in [0.25, 0.3) is 0 Å². The Labute approximate surface area is 127 Å². The van der Waals surface area contributed by atoms with Gasteiger partial charge < -0.3 is 5.32 Å². The maximum absolute atomic E-state index is 11.8. The molecular formula is C13H15ClN2O2S2. The van der Waals surface area contributed by atoms with E-state index in [1.54, 1.807) is 35.0 Å². The van der Waals surface area contributed by atoms with Crippen molar-refractivity contribution in [2.24, 2.45) is 0 Å². The van der Waals surface area contributed by atoms with Gasteiger partial charge in [0.25, 0.3) is 0 Å². The molecule has 20 heavy (non-hydrogen) atoms. The molecular weight excluding hydrogens is 316 g/mol. The van der Waals surface area contributed by atoms with E-state index in [1.807, 2.05) is 6.92 Å². The Hall–Kier alpha value is -0.950. The van der Waals surface area contributed by atoms with Gasteiger partial charge in [0, 0.05) is 34.8 Å².